The zero-order chi connectivity index (χ0) is 25.0. The number of hydrogen-bond donors (Lipinski definition) is 0. The summed E-state index contributed by atoms with van der Waals surface area (Å²) in [6, 6.07) is 21.9. The molecule has 0 saturated heterocycles. The third-order valence-electron chi connectivity index (χ3n) is 5.08. The van der Waals surface area contributed by atoms with Gasteiger partial charge in [0.05, 0.1) is 11.3 Å². The molecule has 178 valence electrons. The van der Waals surface area contributed by atoms with Gasteiger partial charge >= 0.3 is 12.1 Å². The van der Waals surface area contributed by atoms with E-state index < -0.39 is 36.0 Å². The van der Waals surface area contributed by atoms with E-state index in [2.05, 4.69) is 10.1 Å². The number of likely N-dealkylation sites (N-methyl/N-ethyl adjacent to an activating group) is 1. The summed E-state index contributed by atoms with van der Waals surface area (Å²) in [5, 5.41) is 4.10. The van der Waals surface area contributed by atoms with Gasteiger partial charge in [-0.25, -0.2) is 14.5 Å². The molecule has 7 nitrogen and oxygen atoms in total. The molecule has 0 atom stereocenters. The molecular weight excluding hydrogens is 461 g/mol. The smallest absolute Gasteiger partial charge is 0.416 e. The molecule has 0 spiro atoms. The second kappa shape index (κ2) is 9.80. The minimum absolute atomic E-state index is 0.0603. The molecule has 0 aliphatic rings. The highest BCUT2D eigenvalue weighted by Crippen LogP contribution is 2.31. The maximum Gasteiger partial charge on any atom is 0.416 e. The maximum atomic E-state index is 13.2. The molecule has 0 radical (unpaired) electrons. The van der Waals surface area contributed by atoms with Gasteiger partial charge in [0.2, 0.25) is 0 Å². The lowest BCUT2D eigenvalue weighted by Crippen LogP contribution is -2.31. The van der Waals surface area contributed by atoms with Crippen LogP contribution in [0.5, 0.6) is 0 Å². The quantitative estimate of drug-likeness (QED) is 0.372. The van der Waals surface area contributed by atoms with Crippen molar-refractivity contribution < 1.29 is 27.5 Å². The fourth-order valence-corrected chi connectivity index (χ4v) is 3.25. The molecule has 0 fully saturated rings. The first kappa shape index (κ1) is 23.7. The van der Waals surface area contributed by atoms with Gasteiger partial charge in [0, 0.05) is 18.3 Å². The van der Waals surface area contributed by atoms with Crippen LogP contribution < -0.4 is 4.90 Å². The summed E-state index contributed by atoms with van der Waals surface area (Å²) in [5.41, 5.74) is 0.330. The predicted molar refractivity (Wildman–Crippen MR) is 122 cm³/mol. The molecule has 4 rings (SSSR count). The summed E-state index contributed by atoms with van der Waals surface area (Å²) in [7, 11) is 1.54. The molecule has 0 aliphatic heterocycles. The minimum atomic E-state index is -4.56. The molecule has 1 aromatic heterocycles. The fraction of sp³-hybridized carbons (Fsp3) is 0.120. The molecule has 0 saturated carbocycles. The number of amides is 1. The first-order valence-corrected chi connectivity index (χ1v) is 10.4. The average molecular weight is 480 g/mol. The van der Waals surface area contributed by atoms with E-state index in [0.29, 0.717) is 11.3 Å². The van der Waals surface area contributed by atoms with Gasteiger partial charge in [0.1, 0.15) is 0 Å². The zero-order valence-electron chi connectivity index (χ0n) is 18.4. The number of anilines is 1. The lowest BCUT2D eigenvalue weighted by molar-refractivity contribution is -0.137. The molecule has 0 unspecified atom stereocenters. The highest BCUT2D eigenvalue weighted by Gasteiger charge is 2.31. The van der Waals surface area contributed by atoms with Crippen LogP contribution in [0.3, 0.4) is 0 Å². The summed E-state index contributed by atoms with van der Waals surface area (Å²) >= 11 is 0. The van der Waals surface area contributed by atoms with Crippen LogP contribution in [-0.4, -0.2) is 40.3 Å². The van der Waals surface area contributed by atoms with E-state index in [1.807, 2.05) is 0 Å². The Morgan fingerprint density at radius 1 is 0.943 bits per heavy atom. The van der Waals surface area contributed by atoms with Crippen LogP contribution in [0.25, 0.3) is 17.1 Å². The highest BCUT2D eigenvalue weighted by atomic mass is 19.4. The number of benzene rings is 3. The van der Waals surface area contributed by atoms with Gasteiger partial charge < -0.3 is 9.64 Å². The molecule has 1 amide bonds. The number of nitrogens with zero attached hydrogens (tertiary/aromatic N) is 4. The lowest BCUT2D eigenvalue weighted by atomic mass is 10.2. The maximum absolute atomic E-state index is 13.2. The van der Waals surface area contributed by atoms with Crippen LogP contribution >= 0.6 is 0 Å². The van der Waals surface area contributed by atoms with E-state index in [0.717, 1.165) is 16.8 Å². The van der Waals surface area contributed by atoms with E-state index >= 15 is 0 Å². The van der Waals surface area contributed by atoms with E-state index in [1.54, 1.807) is 67.7 Å². The molecular formula is C25H19F3N4O3. The van der Waals surface area contributed by atoms with E-state index in [4.69, 9.17) is 4.74 Å². The molecule has 0 bridgehead atoms. The van der Waals surface area contributed by atoms with Crippen molar-refractivity contribution in [2.75, 3.05) is 18.6 Å². The van der Waals surface area contributed by atoms with E-state index in [-0.39, 0.29) is 11.5 Å². The Labute approximate surface area is 198 Å². The Bertz CT molecular complexity index is 1340. The van der Waals surface area contributed by atoms with Crippen LogP contribution in [0.1, 0.15) is 16.2 Å². The summed E-state index contributed by atoms with van der Waals surface area (Å²) < 4.78 is 46.0. The topological polar surface area (TPSA) is 77.3 Å². The van der Waals surface area contributed by atoms with Gasteiger partial charge in [-0.1, -0.05) is 54.6 Å². The molecule has 1 heterocycles. The summed E-state index contributed by atoms with van der Waals surface area (Å²) in [5.74, 6) is -1.71. The van der Waals surface area contributed by atoms with Crippen LogP contribution in [0.2, 0.25) is 0 Å². The molecule has 3 aromatic carbocycles. The van der Waals surface area contributed by atoms with Gasteiger partial charge in [0.15, 0.2) is 12.4 Å². The Hall–Kier alpha value is -4.47. The summed E-state index contributed by atoms with van der Waals surface area (Å²) in [4.78, 5) is 30.6. The second-order valence-electron chi connectivity index (χ2n) is 7.45. The first-order valence-electron chi connectivity index (χ1n) is 10.4. The molecule has 35 heavy (non-hydrogen) atoms. The normalized spacial score (nSPS) is 11.2. The van der Waals surface area contributed by atoms with Gasteiger partial charge in [-0.15, -0.1) is 5.10 Å². The zero-order valence-corrected chi connectivity index (χ0v) is 18.4. The van der Waals surface area contributed by atoms with Crippen molar-refractivity contribution in [3.63, 3.8) is 0 Å². The fourth-order valence-electron chi connectivity index (χ4n) is 3.25. The monoisotopic (exact) mass is 480 g/mol. The summed E-state index contributed by atoms with van der Waals surface area (Å²) in [6.07, 6.45) is -4.56. The van der Waals surface area contributed by atoms with Crippen LogP contribution in [0, 0.1) is 0 Å². The Kier molecular flexibility index (Phi) is 6.63. The van der Waals surface area contributed by atoms with Crippen molar-refractivity contribution in [2.45, 2.75) is 6.18 Å². The number of rotatable bonds is 6. The number of para-hydroxylation sites is 1. The lowest BCUT2D eigenvalue weighted by Gasteiger charge is -2.16. The largest absolute Gasteiger partial charge is 0.450 e. The van der Waals surface area contributed by atoms with E-state index in [9.17, 15) is 22.8 Å². The van der Waals surface area contributed by atoms with Crippen molar-refractivity contribution in [2.24, 2.45) is 0 Å². The number of carbonyl (C=O) groups is 2. The number of ether oxygens (including phenoxy) is 1. The Balaban J connectivity index is 1.61. The predicted octanol–water partition coefficient (Wildman–Crippen LogP) is 4.77. The van der Waals surface area contributed by atoms with Crippen LogP contribution in [-0.2, 0) is 15.7 Å². The molecule has 10 heteroatoms. The van der Waals surface area contributed by atoms with Gasteiger partial charge in [-0.2, -0.15) is 13.2 Å². The summed E-state index contributed by atoms with van der Waals surface area (Å²) in [6.45, 7) is -0.566. The molecule has 0 N–H and O–H groups in total. The van der Waals surface area contributed by atoms with Gasteiger partial charge in [0.25, 0.3) is 11.7 Å². The second-order valence-corrected chi connectivity index (χ2v) is 7.45. The third kappa shape index (κ3) is 5.37. The van der Waals surface area contributed by atoms with Crippen molar-refractivity contribution >= 4 is 17.6 Å². The number of halogens is 3. The number of hydrogen-bond acceptors (Lipinski definition) is 5. The molecule has 4 aromatic rings. The van der Waals surface area contributed by atoms with Crippen molar-refractivity contribution in [1.82, 2.24) is 14.8 Å². The Morgan fingerprint density at radius 2 is 1.60 bits per heavy atom. The van der Waals surface area contributed by atoms with Crippen LogP contribution in [0.4, 0.5) is 18.9 Å². The van der Waals surface area contributed by atoms with Crippen molar-refractivity contribution in [3.8, 4) is 17.1 Å². The standard InChI is InChI=1S/C25H19F3N4O3/c1-31(19-12-6-3-7-13-19)21(33)16-35-24(34)22-29-23(17-9-4-2-5-10-17)32(30-22)20-14-8-11-18(15-20)25(26,27)28/h2-15H,16H2,1H3. The van der Waals surface area contributed by atoms with Crippen LogP contribution in [0.15, 0.2) is 84.9 Å². The minimum Gasteiger partial charge on any atom is -0.450 e. The SMILES string of the molecule is CN(C(=O)COC(=O)c1nc(-c2ccccc2)n(-c2cccc(C(F)(F)F)c2)n1)c1ccccc1. The Morgan fingerprint density at radius 3 is 2.26 bits per heavy atom. The molecule has 0 aliphatic carbocycles. The number of carbonyl (C=O) groups excluding carboxylic acids is 2. The number of esters is 1. The van der Waals surface area contributed by atoms with Crippen molar-refractivity contribution in [1.29, 1.82) is 0 Å². The van der Waals surface area contributed by atoms with Crippen molar-refractivity contribution in [3.05, 3.63) is 96.3 Å². The highest BCUT2D eigenvalue weighted by molar-refractivity contribution is 5.96. The first-order chi connectivity index (χ1) is 16.7. The van der Waals surface area contributed by atoms with Gasteiger partial charge in [-0.05, 0) is 30.3 Å². The number of aromatic nitrogens is 3. The third-order valence-corrected chi connectivity index (χ3v) is 5.08. The average Bonchev–Trinajstić information content (AvgIpc) is 3.33. The number of alkyl halides is 3. The van der Waals surface area contributed by atoms with Gasteiger partial charge in [-0.3, -0.25) is 4.79 Å². The van der Waals surface area contributed by atoms with E-state index in [1.165, 1.54) is 17.0 Å².